The van der Waals surface area contributed by atoms with Crippen molar-refractivity contribution in [3.8, 4) is 5.75 Å². The molecule has 4 N–H and O–H groups in total. The van der Waals surface area contributed by atoms with Crippen LogP contribution >= 0.6 is 23.2 Å². The van der Waals surface area contributed by atoms with Gasteiger partial charge in [-0.1, -0.05) is 42.5 Å². The van der Waals surface area contributed by atoms with Gasteiger partial charge < -0.3 is 16.2 Å². The molecule has 0 radical (unpaired) electrons. The number of rotatable bonds is 3. The first-order chi connectivity index (χ1) is 8.59. The third kappa shape index (κ3) is 2.96. The Labute approximate surface area is 117 Å². The van der Waals surface area contributed by atoms with Gasteiger partial charge in [-0.15, -0.1) is 0 Å². The molecule has 0 amide bonds. The smallest absolute Gasteiger partial charge is 0.164 e. The van der Waals surface area contributed by atoms with Gasteiger partial charge in [-0.05, 0) is 24.8 Å². The fourth-order valence-electron chi connectivity index (χ4n) is 2.33. The van der Waals surface area contributed by atoms with Gasteiger partial charge in [0.05, 0.1) is 23.0 Å². The van der Waals surface area contributed by atoms with Gasteiger partial charge in [0.25, 0.3) is 0 Å². The molecule has 3 nitrogen and oxygen atoms in total. The number of halogens is 2. The second kappa shape index (κ2) is 5.89. The van der Waals surface area contributed by atoms with Crippen molar-refractivity contribution in [2.45, 2.75) is 32.1 Å². The first-order valence-electron chi connectivity index (χ1n) is 6.25. The predicted octanol–water partition coefficient (Wildman–Crippen LogP) is 4.12. The molecular formula is C13H18Cl2N2O. The molecule has 0 saturated heterocycles. The molecule has 100 valence electrons. The summed E-state index contributed by atoms with van der Waals surface area (Å²) in [5, 5.41) is 0.723. The molecule has 1 aliphatic carbocycles. The molecule has 1 aromatic carbocycles. The van der Waals surface area contributed by atoms with Gasteiger partial charge in [-0.3, -0.25) is 0 Å². The summed E-state index contributed by atoms with van der Waals surface area (Å²) in [7, 11) is 0. The predicted molar refractivity (Wildman–Crippen MR) is 77.4 cm³/mol. The molecule has 2 rings (SSSR count). The molecule has 18 heavy (non-hydrogen) atoms. The average molecular weight is 289 g/mol. The number of benzene rings is 1. The summed E-state index contributed by atoms with van der Waals surface area (Å²) in [5.74, 6) is 1.00. The molecule has 1 fully saturated rings. The van der Waals surface area contributed by atoms with Crippen LogP contribution in [-0.2, 0) is 0 Å². The fourth-order valence-corrected chi connectivity index (χ4v) is 2.75. The van der Waals surface area contributed by atoms with Crippen LogP contribution < -0.4 is 16.2 Å². The largest absolute Gasteiger partial charge is 0.489 e. The highest BCUT2D eigenvalue weighted by atomic mass is 35.5. The quantitative estimate of drug-likeness (QED) is 0.823. The number of nitrogens with two attached hydrogens (primary N) is 2. The van der Waals surface area contributed by atoms with Crippen LogP contribution in [-0.4, -0.2) is 6.61 Å². The normalized spacial score (nSPS) is 16.8. The Hall–Kier alpha value is -0.800. The van der Waals surface area contributed by atoms with Crippen LogP contribution in [0.4, 0.5) is 11.4 Å². The maximum Gasteiger partial charge on any atom is 0.164 e. The topological polar surface area (TPSA) is 61.3 Å². The molecule has 0 bridgehead atoms. The minimum atomic E-state index is 0.346. The maximum atomic E-state index is 6.10. The van der Waals surface area contributed by atoms with E-state index >= 15 is 0 Å². The van der Waals surface area contributed by atoms with Crippen molar-refractivity contribution in [2.75, 3.05) is 18.1 Å². The Balaban J connectivity index is 2.08. The Morgan fingerprint density at radius 1 is 1.17 bits per heavy atom. The fraction of sp³-hybridized carbons (Fsp3) is 0.538. The standard InChI is InChI=1S/C13H18Cl2N2O/c14-9-6-10(16)12(17)13(11(9)15)18-7-8-4-2-1-3-5-8/h6,8H,1-5,7,16-17H2. The lowest BCUT2D eigenvalue weighted by atomic mass is 9.90. The lowest BCUT2D eigenvalue weighted by Gasteiger charge is -2.22. The summed E-state index contributed by atoms with van der Waals surface area (Å²) < 4.78 is 5.75. The first-order valence-corrected chi connectivity index (χ1v) is 7.01. The minimum Gasteiger partial charge on any atom is -0.489 e. The third-order valence-corrected chi connectivity index (χ3v) is 4.21. The summed E-state index contributed by atoms with van der Waals surface area (Å²) in [6.45, 7) is 0.629. The van der Waals surface area contributed by atoms with Crippen molar-refractivity contribution in [3.05, 3.63) is 16.1 Å². The third-order valence-electron chi connectivity index (χ3n) is 3.44. The summed E-state index contributed by atoms with van der Waals surface area (Å²) in [6.07, 6.45) is 6.27. The number of nitrogen functional groups attached to an aromatic ring is 2. The Morgan fingerprint density at radius 2 is 1.83 bits per heavy atom. The van der Waals surface area contributed by atoms with Gasteiger partial charge in [0.15, 0.2) is 5.75 Å². The highest BCUT2D eigenvalue weighted by Gasteiger charge is 2.18. The van der Waals surface area contributed by atoms with Crippen molar-refractivity contribution in [1.29, 1.82) is 0 Å². The van der Waals surface area contributed by atoms with Gasteiger partial charge in [0, 0.05) is 0 Å². The van der Waals surface area contributed by atoms with Crippen LogP contribution in [0.15, 0.2) is 6.07 Å². The zero-order chi connectivity index (χ0) is 13.1. The van der Waals surface area contributed by atoms with E-state index in [1.165, 1.54) is 32.1 Å². The Morgan fingerprint density at radius 3 is 2.50 bits per heavy atom. The van der Waals surface area contributed by atoms with Crippen LogP contribution in [0.3, 0.4) is 0 Å². The van der Waals surface area contributed by atoms with Gasteiger partial charge in [0.2, 0.25) is 0 Å². The van der Waals surface area contributed by atoms with Gasteiger partial charge >= 0.3 is 0 Å². The van der Waals surface area contributed by atoms with E-state index in [1.54, 1.807) is 6.07 Å². The highest BCUT2D eigenvalue weighted by Crippen LogP contribution is 2.41. The molecule has 0 atom stereocenters. The lowest BCUT2D eigenvalue weighted by Crippen LogP contribution is -2.16. The lowest BCUT2D eigenvalue weighted by molar-refractivity contribution is 0.210. The molecule has 0 spiro atoms. The molecule has 0 heterocycles. The van der Waals surface area contributed by atoms with Crippen LogP contribution in [0.2, 0.25) is 10.0 Å². The molecule has 0 aromatic heterocycles. The number of hydrogen-bond donors (Lipinski definition) is 2. The van der Waals surface area contributed by atoms with E-state index in [-0.39, 0.29) is 0 Å². The number of ether oxygens (including phenoxy) is 1. The molecule has 5 heteroatoms. The Bertz CT molecular complexity index is 405. The van der Waals surface area contributed by atoms with E-state index < -0.39 is 0 Å². The van der Waals surface area contributed by atoms with Crippen molar-refractivity contribution in [2.24, 2.45) is 5.92 Å². The minimum absolute atomic E-state index is 0.346. The van der Waals surface area contributed by atoms with Crippen molar-refractivity contribution < 1.29 is 4.74 Å². The number of anilines is 2. The van der Waals surface area contributed by atoms with Gasteiger partial charge in [-0.25, -0.2) is 0 Å². The maximum absolute atomic E-state index is 6.10. The zero-order valence-corrected chi connectivity index (χ0v) is 11.7. The van der Waals surface area contributed by atoms with Crippen molar-refractivity contribution in [3.63, 3.8) is 0 Å². The molecular weight excluding hydrogens is 271 g/mol. The molecule has 0 unspecified atom stereocenters. The SMILES string of the molecule is Nc1cc(Cl)c(Cl)c(OCC2CCCCC2)c1N. The Kier molecular flexibility index (Phi) is 4.46. The monoisotopic (exact) mass is 288 g/mol. The second-order valence-electron chi connectivity index (χ2n) is 4.82. The van der Waals surface area contributed by atoms with Crippen LogP contribution in [0.25, 0.3) is 0 Å². The van der Waals surface area contributed by atoms with E-state index in [1.807, 2.05) is 0 Å². The van der Waals surface area contributed by atoms with Crippen LogP contribution in [0, 0.1) is 5.92 Å². The second-order valence-corrected chi connectivity index (χ2v) is 5.60. The summed E-state index contributed by atoms with van der Waals surface area (Å²) in [6, 6.07) is 1.55. The van der Waals surface area contributed by atoms with Crippen LogP contribution in [0.5, 0.6) is 5.75 Å². The summed E-state index contributed by atoms with van der Waals surface area (Å²) in [4.78, 5) is 0. The van der Waals surface area contributed by atoms with Crippen molar-refractivity contribution in [1.82, 2.24) is 0 Å². The first kappa shape index (κ1) is 13.6. The average Bonchev–Trinajstić information content (AvgIpc) is 2.38. The molecule has 0 aliphatic heterocycles. The molecule has 1 saturated carbocycles. The van der Waals surface area contributed by atoms with E-state index in [4.69, 9.17) is 39.4 Å². The van der Waals surface area contributed by atoms with Crippen molar-refractivity contribution >= 4 is 34.6 Å². The van der Waals surface area contributed by atoms with Gasteiger partial charge in [-0.2, -0.15) is 0 Å². The van der Waals surface area contributed by atoms with E-state index in [0.29, 0.717) is 39.7 Å². The summed E-state index contributed by atoms with van der Waals surface area (Å²) in [5.41, 5.74) is 12.4. The van der Waals surface area contributed by atoms with E-state index in [2.05, 4.69) is 0 Å². The zero-order valence-electron chi connectivity index (χ0n) is 10.2. The van der Waals surface area contributed by atoms with E-state index in [0.717, 1.165) is 0 Å². The molecule has 1 aliphatic rings. The van der Waals surface area contributed by atoms with Crippen LogP contribution in [0.1, 0.15) is 32.1 Å². The number of hydrogen-bond acceptors (Lipinski definition) is 3. The highest BCUT2D eigenvalue weighted by molar-refractivity contribution is 6.43. The summed E-state index contributed by atoms with van der Waals surface area (Å²) >= 11 is 12.1. The van der Waals surface area contributed by atoms with E-state index in [9.17, 15) is 0 Å². The van der Waals surface area contributed by atoms with Gasteiger partial charge in [0.1, 0.15) is 5.02 Å². The molecule has 1 aromatic rings.